The van der Waals surface area contributed by atoms with E-state index in [0.29, 0.717) is 31.0 Å². The highest BCUT2D eigenvalue weighted by Gasteiger charge is 2.21. The van der Waals surface area contributed by atoms with Crippen molar-refractivity contribution in [2.24, 2.45) is 0 Å². The van der Waals surface area contributed by atoms with E-state index in [2.05, 4.69) is 0 Å². The number of amides is 1. The Labute approximate surface area is 116 Å². The second kappa shape index (κ2) is 6.19. The number of nitrogen functional groups attached to an aromatic ring is 1. The van der Waals surface area contributed by atoms with Crippen LogP contribution in [-0.4, -0.2) is 39.6 Å². The smallest absolute Gasteiger partial charge is 0.223 e. The highest BCUT2D eigenvalue weighted by Crippen LogP contribution is 2.21. The zero-order valence-corrected chi connectivity index (χ0v) is 12.0. The van der Waals surface area contributed by atoms with Gasteiger partial charge in [-0.15, -0.1) is 0 Å². The molecule has 0 radical (unpaired) electrons. The molecule has 0 saturated carbocycles. The Balaban J connectivity index is 1.91. The summed E-state index contributed by atoms with van der Waals surface area (Å²) in [5.74, 6) is 1.56. The lowest BCUT2D eigenvalue weighted by atomic mass is 9.97. The fraction of sp³-hybridized carbons (Fsp3) is 0.500. The van der Waals surface area contributed by atoms with Crippen LogP contribution >= 0.6 is 0 Å². The van der Waals surface area contributed by atoms with E-state index in [1.165, 1.54) is 0 Å². The Morgan fingerprint density at radius 2 is 1.89 bits per heavy atom. The average molecular weight is 280 g/mol. The fourth-order valence-corrected chi connectivity index (χ4v) is 3.27. The average Bonchev–Trinajstić information content (AvgIpc) is 2.40. The van der Waals surface area contributed by atoms with Gasteiger partial charge in [0.05, 0.1) is 0 Å². The first-order chi connectivity index (χ1) is 9.06. The second-order valence-corrected chi connectivity index (χ2v) is 6.70. The lowest BCUT2D eigenvalue weighted by Gasteiger charge is -2.27. The Hall–Kier alpha value is -1.36. The summed E-state index contributed by atoms with van der Waals surface area (Å²) in [5.41, 5.74) is 7.52. The van der Waals surface area contributed by atoms with Crippen LogP contribution in [0.1, 0.15) is 24.8 Å². The quantitative estimate of drug-likeness (QED) is 0.850. The maximum Gasteiger partial charge on any atom is 0.223 e. The number of hydrogen-bond acceptors (Lipinski definition) is 3. The minimum Gasteiger partial charge on any atom is -0.399 e. The second-order valence-electron chi connectivity index (χ2n) is 5.00. The molecular formula is C14H20N2O2S. The summed E-state index contributed by atoms with van der Waals surface area (Å²) in [4.78, 5) is 14.0. The Morgan fingerprint density at radius 3 is 2.47 bits per heavy atom. The molecule has 1 aliphatic rings. The van der Waals surface area contributed by atoms with Crippen molar-refractivity contribution in [3.63, 3.8) is 0 Å². The lowest BCUT2D eigenvalue weighted by Crippen LogP contribution is -2.42. The molecule has 2 N–H and O–H groups in total. The lowest BCUT2D eigenvalue weighted by molar-refractivity contribution is -0.131. The van der Waals surface area contributed by atoms with Crippen molar-refractivity contribution in [3.05, 3.63) is 29.8 Å². The molecule has 1 atom stereocenters. The van der Waals surface area contributed by atoms with Gasteiger partial charge in [-0.2, -0.15) is 0 Å². The first-order valence-corrected chi connectivity index (χ1v) is 8.03. The predicted octanol–water partition coefficient (Wildman–Crippen LogP) is 1.35. The number of rotatable bonds is 3. The van der Waals surface area contributed by atoms with Gasteiger partial charge in [0.2, 0.25) is 5.91 Å². The van der Waals surface area contributed by atoms with Crippen LogP contribution < -0.4 is 5.73 Å². The van der Waals surface area contributed by atoms with Crippen molar-refractivity contribution >= 4 is 22.4 Å². The van der Waals surface area contributed by atoms with Gasteiger partial charge in [0, 0.05) is 47.5 Å². The molecule has 1 unspecified atom stereocenters. The minimum atomic E-state index is -0.737. The normalized spacial score (nSPS) is 18.3. The molecule has 0 spiro atoms. The standard InChI is InChI=1S/C14H20N2O2S/c1-11(12-2-4-13(15)5-3-12)10-14(17)16-6-8-19(18)9-7-16/h2-5,11H,6-10,15H2,1H3. The molecule has 1 heterocycles. The van der Waals surface area contributed by atoms with Gasteiger partial charge in [-0.3, -0.25) is 9.00 Å². The third kappa shape index (κ3) is 3.80. The highest BCUT2D eigenvalue weighted by atomic mass is 32.2. The number of nitrogens with two attached hydrogens (primary N) is 1. The van der Waals surface area contributed by atoms with Crippen LogP contribution in [-0.2, 0) is 15.6 Å². The Morgan fingerprint density at radius 1 is 1.32 bits per heavy atom. The predicted molar refractivity (Wildman–Crippen MR) is 78.3 cm³/mol. The van der Waals surface area contributed by atoms with E-state index < -0.39 is 10.8 Å². The summed E-state index contributed by atoms with van der Waals surface area (Å²) in [6, 6.07) is 7.66. The third-order valence-electron chi connectivity index (χ3n) is 3.52. The van der Waals surface area contributed by atoms with Gasteiger partial charge < -0.3 is 10.6 Å². The molecule has 1 aromatic rings. The van der Waals surface area contributed by atoms with Crippen molar-refractivity contribution in [1.82, 2.24) is 4.90 Å². The maximum absolute atomic E-state index is 12.2. The van der Waals surface area contributed by atoms with Crippen LogP contribution in [0, 0.1) is 0 Å². The number of nitrogens with zero attached hydrogens (tertiary/aromatic N) is 1. The van der Waals surface area contributed by atoms with Crippen molar-refractivity contribution in [2.75, 3.05) is 30.3 Å². The molecule has 19 heavy (non-hydrogen) atoms. The van der Waals surface area contributed by atoms with E-state index in [4.69, 9.17) is 5.73 Å². The molecule has 0 bridgehead atoms. The first kappa shape index (κ1) is 14.1. The maximum atomic E-state index is 12.2. The Kier molecular flexibility index (Phi) is 4.58. The van der Waals surface area contributed by atoms with Crippen molar-refractivity contribution < 1.29 is 9.00 Å². The zero-order chi connectivity index (χ0) is 13.8. The SMILES string of the molecule is CC(CC(=O)N1CCS(=O)CC1)c1ccc(N)cc1. The number of anilines is 1. The van der Waals surface area contributed by atoms with Crippen LogP contribution in [0.4, 0.5) is 5.69 Å². The number of benzene rings is 1. The summed E-state index contributed by atoms with van der Waals surface area (Å²) in [7, 11) is -0.737. The van der Waals surface area contributed by atoms with Gasteiger partial charge in [0.15, 0.2) is 0 Å². The van der Waals surface area contributed by atoms with Crippen molar-refractivity contribution in [1.29, 1.82) is 0 Å². The van der Waals surface area contributed by atoms with Gasteiger partial charge >= 0.3 is 0 Å². The van der Waals surface area contributed by atoms with Gasteiger partial charge in [-0.1, -0.05) is 19.1 Å². The molecule has 1 amide bonds. The zero-order valence-electron chi connectivity index (χ0n) is 11.2. The summed E-state index contributed by atoms with van der Waals surface area (Å²) in [5, 5.41) is 0. The van der Waals surface area contributed by atoms with Gasteiger partial charge in [0.25, 0.3) is 0 Å². The summed E-state index contributed by atoms with van der Waals surface area (Å²) < 4.78 is 11.3. The van der Waals surface area contributed by atoms with Crippen LogP contribution in [0.5, 0.6) is 0 Å². The summed E-state index contributed by atoms with van der Waals surface area (Å²) >= 11 is 0. The van der Waals surface area contributed by atoms with E-state index in [-0.39, 0.29) is 11.8 Å². The molecule has 104 valence electrons. The summed E-state index contributed by atoms with van der Waals surface area (Å²) in [6.45, 7) is 3.30. The van der Waals surface area contributed by atoms with E-state index in [0.717, 1.165) is 11.3 Å². The molecule has 5 heteroatoms. The van der Waals surface area contributed by atoms with Crippen LogP contribution in [0.15, 0.2) is 24.3 Å². The topological polar surface area (TPSA) is 63.4 Å². The van der Waals surface area contributed by atoms with Crippen molar-refractivity contribution in [2.45, 2.75) is 19.3 Å². The molecule has 0 aliphatic carbocycles. The van der Waals surface area contributed by atoms with Gasteiger partial charge in [-0.05, 0) is 23.6 Å². The van der Waals surface area contributed by atoms with Crippen LogP contribution in [0.3, 0.4) is 0 Å². The number of carbonyl (C=O) groups is 1. The van der Waals surface area contributed by atoms with E-state index >= 15 is 0 Å². The molecule has 1 saturated heterocycles. The highest BCUT2D eigenvalue weighted by molar-refractivity contribution is 7.85. The molecule has 1 aliphatic heterocycles. The van der Waals surface area contributed by atoms with E-state index in [9.17, 15) is 9.00 Å². The largest absolute Gasteiger partial charge is 0.399 e. The molecule has 1 aromatic carbocycles. The minimum absolute atomic E-state index is 0.154. The van der Waals surface area contributed by atoms with Crippen molar-refractivity contribution in [3.8, 4) is 0 Å². The molecule has 0 aromatic heterocycles. The third-order valence-corrected chi connectivity index (χ3v) is 4.79. The monoisotopic (exact) mass is 280 g/mol. The van der Waals surface area contributed by atoms with Gasteiger partial charge in [0.1, 0.15) is 0 Å². The number of hydrogen-bond donors (Lipinski definition) is 1. The van der Waals surface area contributed by atoms with Crippen LogP contribution in [0.2, 0.25) is 0 Å². The summed E-state index contributed by atoms with van der Waals surface area (Å²) in [6.07, 6.45) is 0.497. The fourth-order valence-electron chi connectivity index (χ4n) is 2.22. The Bertz CT molecular complexity index is 463. The van der Waals surface area contributed by atoms with Crippen LogP contribution in [0.25, 0.3) is 0 Å². The molecule has 1 fully saturated rings. The van der Waals surface area contributed by atoms with E-state index in [1.807, 2.05) is 36.1 Å². The molecule has 4 nitrogen and oxygen atoms in total. The molecular weight excluding hydrogens is 260 g/mol. The number of carbonyl (C=O) groups excluding carboxylic acids is 1. The first-order valence-electron chi connectivity index (χ1n) is 6.54. The van der Waals surface area contributed by atoms with E-state index in [1.54, 1.807) is 0 Å². The van der Waals surface area contributed by atoms with Gasteiger partial charge in [-0.25, -0.2) is 0 Å². The molecule has 2 rings (SSSR count).